The first-order valence-corrected chi connectivity index (χ1v) is 22.6. The summed E-state index contributed by atoms with van der Waals surface area (Å²) in [4.78, 5) is 0. The molecule has 3 aliphatic rings. The number of hydrogen-bond acceptors (Lipinski definition) is 0. The number of aryl methyl sites for hydroxylation is 5. The van der Waals surface area contributed by atoms with E-state index in [0.29, 0.717) is 0 Å². The highest BCUT2D eigenvalue weighted by molar-refractivity contribution is 5.80. The van der Waals surface area contributed by atoms with Gasteiger partial charge < -0.3 is 0 Å². The zero-order valence-corrected chi connectivity index (χ0v) is 38.5. The molecule has 0 amide bonds. The molecule has 1 unspecified atom stereocenters. The van der Waals surface area contributed by atoms with Crippen LogP contribution in [0.5, 0.6) is 0 Å². The summed E-state index contributed by atoms with van der Waals surface area (Å²) in [6.45, 7) is 17.6. The van der Waals surface area contributed by atoms with Crippen molar-refractivity contribution < 1.29 is 0 Å². The quantitative estimate of drug-likeness (QED) is 0.163. The topological polar surface area (TPSA) is 0 Å². The molecule has 6 aromatic carbocycles. The second kappa shape index (κ2) is 22.6. The molecule has 9 rings (SSSR count). The molecule has 0 saturated carbocycles. The second-order valence-corrected chi connectivity index (χ2v) is 17.3. The van der Waals surface area contributed by atoms with E-state index in [9.17, 15) is 0 Å². The molecule has 0 nitrogen and oxygen atoms in total. The van der Waals surface area contributed by atoms with Crippen molar-refractivity contribution in [3.63, 3.8) is 0 Å². The average molecular weight is 811 g/mol. The molecule has 0 N–H and O–H groups in total. The largest absolute Gasteiger partial charge is 0.0836 e. The molecule has 0 aromatic heterocycles. The molecular weight excluding hydrogens is 745 g/mol. The minimum Gasteiger partial charge on any atom is -0.0836 e. The molecule has 0 saturated heterocycles. The van der Waals surface area contributed by atoms with Gasteiger partial charge >= 0.3 is 0 Å². The molecule has 314 valence electrons. The van der Waals surface area contributed by atoms with E-state index in [1.807, 2.05) is 12.1 Å². The van der Waals surface area contributed by atoms with E-state index in [4.69, 9.17) is 0 Å². The Morgan fingerprint density at radius 2 is 0.919 bits per heavy atom. The van der Waals surface area contributed by atoms with Crippen molar-refractivity contribution in [2.75, 3.05) is 0 Å². The third-order valence-electron chi connectivity index (χ3n) is 11.9. The molecule has 0 spiro atoms. The Balaban J connectivity index is 0.000000143. The highest BCUT2D eigenvalue weighted by atomic mass is 14.2. The van der Waals surface area contributed by atoms with Gasteiger partial charge in [0.25, 0.3) is 0 Å². The predicted octanol–water partition coefficient (Wildman–Crippen LogP) is 17.9. The Labute approximate surface area is 374 Å². The average Bonchev–Trinajstić information content (AvgIpc) is 3.29. The van der Waals surface area contributed by atoms with Gasteiger partial charge in [-0.05, 0) is 165 Å². The highest BCUT2D eigenvalue weighted by Crippen LogP contribution is 2.36. The summed E-state index contributed by atoms with van der Waals surface area (Å²) in [6.07, 6.45) is 22.1. The Morgan fingerprint density at radius 1 is 0.435 bits per heavy atom. The van der Waals surface area contributed by atoms with Crippen LogP contribution < -0.4 is 0 Å². The zero-order valence-electron chi connectivity index (χ0n) is 38.5. The Bertz CT molecular complexity index is 2470. The molecule has 62 heavy (non-hydrogen) atoms. The number of rotatable bonds is 5. The maximum atomic E-state index is 2.41. The van der Waals surface area contributed by atoms with Gasteiger partial charge in [0, 0.05) is 0 Å². The van der Waals surface area contributed by atoms with E-state index in [1.54, 1.807) is 0 Å². The van der Waals surface area contributed by atoms with Crippen LogP contribution in [0.15, 0.2) is 210 Å². The predicted molar refractivity (Wildman–Crippen MR) is 272 cm³/mol. The molecule has 0 heteroatoms. The minimum absolute atomic E-state index is 0.719. The third kappa shape index (κ3) is 13.1. The molecular formula is C62H66. The molecule has 0 aliphatic heterocycles. The maximum absolute atomic E-state index is 2.41. The molecule has 0 bridgehead atoms. The van der Waals surface area contributed by atoms with Crippen LogP contribution in [0.4, 0.5) is 0 Å². The van der Waals surface area contributed by atoms with Crippen molar-refractivity contribution in [1.29, 1.82) is 0 Å². The Kier molecular flexibility index (Phi) is 16.5. The summed E-state index contributed by atoms with van der Waals surface area (Å²) in [7, 11) is 0. The number of allylic oxidation sites excluding steroid dienone is 12. The normalized spacial score (nSPS) is 15.4. The van der Waals surface area contributed by atoms with Crippen molar-refractivity contribution in [3.8, 4) is 33.4 Å². The first kappa shape index (κ1) is 45.3. The molecule has 0 fully saturated rings. The first-order chi connectivity index (χ1) is 30.0. The van der Waals surface area contributed by atoms with Gasteiger partial charge in [0.2, 0.25) is 0 Å². The summed E-state index contributed by atoms with van der Waals surface area (Å²) in [6, 6.07) is 51.7. The van der Waals surface area contributed by atoms with Gasteiger partial charge in [0.1, 0.15) is 0 Å². The lowest BCUT2D eigenvalue weighted by atomic mass is 9.84. The maximum Gasteiger partial charge on any atom is -0.0148 e. The summed E-state index contributed by atoms with van der Waals surface area (Å²) in [5.41, 5.74) is 23.2. The van der Waals surface area contributed by atoms with E-state index < -0.39 is 0 Å². The van der Waals surface area contributed by atoms with Crippen LogP contribution in [0.1, 0.15) is 86.3 Å². The van der Waals surface area contributed by atoms with Crippen LogP contribution in [0.3, 0.4) is 0 Å². The fourth-order valence-corrected chi connectivity index (χ4v) is 8.14. The van der Waals surface area contributed by atoms with Crippen molar-refractivity contribution in [2.45, 2.75) is 87.5 Å². The molecule has 0 radical (unpaired) electrons. The lowest BCUT2D eigenvalue weighted by Crippen LogP contribution is -1.99. The standard InChI is InChI=1S/C23H26.C13H16.2C13H12/c1-15-6-9-20(10-7-15)22-14-23(19(5)13-18(22)4)21-11-8-16(2)12-17(21)3;3*1-11-7-9-13(10-8-11)12-5-3-2-4-6-12/h6-7,9-10,12-14H,8,11H2,1-5H3;3,5-7,9-11H,2,4,8H2,1H3;2*2-10H,1H3. The van der Waals surface area contributed by atoms with E-state index in [0.717, 1.165) is 12.3 Å². The van der Waals surface area contributed by atoms with Crippen molar-refractivity contribution in [2.24, 2.45) is 5.92 Å². The van der Waals surface area contributed by atoms with Crippen LogP contribution in [-0.2, 0) is 0 Å². The van der Waals surface area contributed by atoms with Gasteiger partial charge in [0.05, 0.1) is 0 Å². The summed E-state index contributed by atoms with van der Waals surface area (Å²) in [5, 5.41) is 0. The van der Waals surface area contributed by atoms with E-state index in [1.165, 1.54) is 120 Å². The van der Waals surface area contributed by atoms with E-state index in [2.05, 4.69) is 231 Å². The summed E-state index contributed by atoms with van der Waals surface area (Å²) in [5.74, 6) is 0.719. The second-order valence-electron chi connectivity index (χ2n) is 17.3. The van der Waals surface area contributed by atoms with Gasteiger partial charge in [-0.15, -0.1) is 0 Å². The van der Waals surface area contributed by atoms with Crippen LogP contribution in [0, 0.1) is 40.5 Å². The van der Waals surface area contributed by atoms with Crippen molar-refractivity contribution in [1.82, 2.24) is 0 Å². The minimum atomic E-state index is 0.719. The Hall–Kier alpha value is -6.24. The van der Waals surface area contributed by atoms with Crippen LogP contribution >= 0.6 is 0 Å². The van der Waals surface area contributed by atoms with Crippen molar-refractivity contribution >= 4 is 5.57 Å². The summed E-state index contributed by atoms with van der Waals surface area (Å²) >= 11 is 0. The number of hydrogen-bond donors (Lipinski definition) is 0. The Morgan fingerprint density at radius 3 is 1.39 bits per heavy atom. The fourth-order valence-electron chi connectivity index (χ4n) is 8.14. The highest BCUT2D eigenvalue weighted by Gasteiger charge is 2.15. The van der Waals surface area contributed by atoms with Gasteiger partial charge in [-0.25, -0.2) is 0 Å². The molecule has 3 aliphatic carbocycles. The van der Waals surface area contributed by atoms with Gasteiger partial charge in [-0.1, -0.05) is 211 Å². The number of benzene rings is 6. The fraction of sp³-hybridized carbons (Fsp3) is 0.226. The van der Waals surface area contributed by atoms with E-state index in [-0.39, 0.29) is 0 Å². The zero-order chi connectivity index (χ0) is 43.8. The first-order valence-electron chi connectivity index (χ1n) is 22.6. The SMILES string of the molecule is CC1=CC(C)=C(c2cc(-c3ccc(C)cc3)c(C)cc2C)CC1.CC1C=CC(C2=CCCC=C2)=CC1.Cc1ccc(-c2ccccc2)cc1.Cc1ccc(-c2ccccc2)cc1. The molecule has 0 heterocycles. The van der Waals surface area contributed by atoms with Gasteiger partial charge in [-0.3, -0.25) is 0 Å². The van der Waals surface area contributed by atoms with E-state index >= 15 is 0 Å². The van der Waals surface area contributed by atoms with Crippen molar-refractivity contribution in [3.05, 3.63) is 244 Å². The van der Waals surface area contributed by atoms with Gasteiger partial charge in [-0.2, -0.15) is 0 Å². The van der Waals surface area contributed by atoms with Crippen LogP contribution in [-0.4, -0.2) is 0 Å². The van der Waals surface area contributed by atoms with Gasteiger partial charge in [0.15, 0.2) is 0 Å². The smallest absolute Gasteiger partial charge is 0.0148 e. The van der Waals surface area contributed by atoms with Crippen LogP contribution in [0.25, 0.3) is 39.0 Å². The lowest BCUT2D eigenvalue weighted by Gasteiger charge is -2.20. The lowest BCUT2D eigenvalue weighted by molar-refractivity contribution is 0.732. The third-order valence-corrected chi connectivity index (χ3v) is 11.9. The summed E-state index contributed by atoms with van der Waals surface area (Å²) < 4.78 is 0. The molecule has 1 atom stereocenters. The molecule has 6 aromatic rings. The monoisotopic (exact) mass is 811 g/mol. The van der Waals surface area contributed by atoms with Crippen LogP contribution in [0.2, 0.25) is 0 Å².